The minimum atomic E-state index is -3.65. The minimum absolute atomic E-state index is 0.116. The molecule has 1 aromatic carbocycles. The Morgan fingerprint density at radius 1 is 1.12 bits per heavy atom. The average Bonchev–Trinajstić information content (AvgIpc) is 2.58. The molecule has 142 valence electrons. The zero-order valence-electron chi connectivity index (χ0n) is 15.0. The maximum Gasteiger partial charge on any atom is 0.238 e. The number of ether oxygens (including phenoxy) is 1. The third kappa shape index (κ3) is 6.58. The molecule has 0 aliphatic heterocycles. The van der Waals surface area contributed by atoms with Crippen molar-refractivity contribution in [3.8, 4) is 0 Å². The van der Waals surface area contributed by atoms with Crippen LogP contribution < -0.4 is 15.8 Å². The van der Waals surface area contributed by atoms with Gasteiger partial charge in [-0.25, -0.2) is 18.5 Å². The van der Waals surface area contributed by atoms with E-state index in [0.717, 1.165) is 36.5 Å². The highest BCUT2D eigenvalue weighted by molar-refractivity contribution is 7.89. The first-order valence-corrected chi connectivity index (χ1v) is 9.87. The Morgan fingerprint density at radius 2 is 1.85 bits per heavy atom. The van der Waals surface area contributed by atoms with E-state index in [0.29, 0.717) is 19.1 Å². The quantitative estimate of drug-likeness (QED) is 0.536. The summed E-state index contributed by atoms with van der Waals surface area (Å²) in [6, 6.07) is 8.43. The molecule has 8 nitrogen and oxygen atoms in total. The summed E-state index contributed by atoms with van der Waals surface area (Å²) in [6.45, 7) is 4.01. The second-order valence-corrected chi connectivity index (χ2v) is 7.42. The molecule has 0 spiro atoms. The van der Waals surface area contributed by atoms with Gasteiger partial charge >= 0.3 is 0 Å². The summed E-state index contributed by atoms with van der Waals surface area (Å²) < 4.78 is 27.5. The molecule has 0 saturated heterocycles. The zero-order chi connectivity index (χ0) is 19.0. The van der Waals surface area contributed by atoms with Crippen LogP contribution in [0.3, 0.4) is 0 Å². The molecule has 2 aromatic rings. The van der Waals surface area contributed by atoms with Gasteiger partial charge in [0.05, 0.1) is 4.90 Å². The fourth-order valence-corrected chi connectivity index (χ4v) is 2.85. The maximum absolute atomic E-state index is 11.3. The number of nitrogens with two attached hydrogens (primary N) is 1. The molecule has 0 aliphatic carbocycles. The molecular weight excluding hydrogens is 354 g/mol. The third-order valence-electron chi connectivity index (χ3n) is 3.63. The first kappa shape index (κ1) is 20.1. The molecule has 2 rings (SSSR count). The molecular formula is C17H25N5O3S. The average molecular weight is 379 g/mol. The highest BCUT2D eigenvalue weighted by atomic mass is 32.2. The van der Waals surface area contributed by atoms with E-state index < -0.39 is 10.0 Å². The first-order valence-electron chi connectivity index (χ1n) is 8.32. The van der Waals surface area contributed by atoms with Gasteiger partial charge in [0.15, 0.2) is 0 Å². The summed E-state index contributed by atoms with van der Waals surface area (Å²) in [5.41, 5.74) is 1.88. The lowest BCUT2D eigenvalue weighted by Crippen LogP contribution is -2.13. The summed E-state index contributed by atoms with van der Waals surface area (Å²) in [5.74, 6) is 1.33. The van der Waals surface area contributed by atoms with Crippen molar-refractivity contribution in [2.45, 2.75) is 24.7 Å². The van der Waals surface area contributed by atoms with E-state index in [-0.39, 0.29) is 4.90 Å². The molecule has 0 unspecified atom stereocenters. The Labute approximate surface area is 154 Å². The van der Waals surface area contributed by atoms with Crippen molar-refractivity contribution in [1.29, 1.82) is 0 Å². The first-order chi connectivity index (χ1) is 12.4. The predicted molar refractivity (Wildman–Crippen MR) is 102 cm³/mol. The molecule has 9 heteroatoms. The number of nitrogens with zero attached hydrogens (tertiary/aromatic N) is 2. The normalized spacial score (nSPS) is 11.3. The summed E-state index contributed by atoms with van der Waals surface area (Å²) in [5, 5.41) is 11.5. The van der Waals surface area contributed by atoms with E-state index in [9.17, 15) is 8.42 Å². The van der Waals surface area contributed by atoms with E-state index in [1.807, 2.05) is 13.0 Å². The van der Waals surface area contributed by atoms with Crippen LogP contribution in [-0.2, 0) is 21.2 Å². The number of sulfonamides is 1. The van der Waals surface area contributed by atoms with E-state index in [4.69, 9.17) is 9.88 Å². The Bertz CT molecular complexity index is 810. The number of hydrogen-bond donors (Lipinski definition) is 3. The maximum atomic E-state index is 11.3. The number of anilines is 2. The van der Waals surface area contributed by atoms with Crippen LogP contribution in [0.25, 0.3) is 0 Å². The second-order valence-electron chi connectivity index (χ2n) is 5.86. The lowest BCUT2D eigenvalue weighted by molar-refractivity contribution is 0.197. The van der Waals surface area contributed by atoms with Gasteiger partial charge in [0.25, 0.3) is 0 Å². The van der Waals surface area contributed by atoms with Gasteiger partial charge in [-0.05, 0) is 37.5 Å². The van der Waals surface area contributed by atoms with Crippen LogP contribution in [0, 0.1) is 6.92 Å². The fraction of sp³-hybridized carbons (Fsp3) is 0.412. The molecule has 0 saturated carbocycles. The van der Waals surface area contributed by atoms with Crippen LogP contribution in [0.15, 0.2) is 35.2 Å². The van der Waals surface area contributed by atoms with Gasteiger partial charge in [-0.1, -0.05) is 12.1 Å². The molecule has 1 aromatic heterocycles. The van der Waals surface area contributed by atoms with Gasteiger partial charge in [-0.2, -0.15) is 4.98 Å². The molecule has 0 atom stereocenters. The Morgan fingerprint density at radius 3 is 2.50 bits per heavy atom. The highest BCUT2D eigenvalue weighted by Gasteiger charge is 2.07. The van der Waals surface area contributed by atoms with Crippen molar-refractivity contribution in [3.05, 3.63) is 41.6 Å². The SMILES string of the molecule is COCCCNc1nc(C)cc(NCCc2ccc(S(N)(=O)=O)cc2)n1. The number of benzene rings is 1. The van der Waals surface area contributed by atoms with Crippen molar-refractivity contribution in [2.75, 3.05) is 37.4 Å². The number of aromatic nitrogens is 2. The van der Waals surface area contributed by atoms with Crippen LogP contribution in [0.2, 0.25) is 0 Å². The smallest absolute Gasteiger partial charge is 0.238 e. The van der Waals surface area contributed by atoms with Crippen molar-refractivity contribution in [2.24, 2.45) is 5.14 Å². The van der Waals surface area contributed by atoms with Crippen LogP contribution >= 0.6 is 0 Å². The van der Waals surface area contributed by atoms with Crippen molar-refractivity contribution in [3.63, 3.8) is 0 Å². The highest BCUT2D eigenvalue weighted by Crippen LogP contribution is 2.12. The molecule has 0 aliphatic rings. The molecule has 0 bridgehead atoms. The fourth-order valence-electron chi connectivity index (χ4n) is 2.34. The van der Waals surface area contributed by atoms with E-state index >= 15 is 0 Å². The summed E-state index contributed by atoms with van der Waals surface area (Å²) in [7, 11) is -1.98. The van der Waals surface area contributed by atoms with Crippen molar-refractivity contribution >= 4 is 21.8 Å². The molecule has 4 N–H and O–H groups in total. The van der Waals surface area contributed by atoms with Gasteiger partial charge in [0.2, 0.25) is 16.0 Å². The molecule has 0 radical (unpaired) electrons. The second kappa shape index (κ2) is 9.46. The van der Waals surface area contributed by atoms with E-state index in [1.165, 1.54) is 12.1 Å². The van der Waals surface area contributed by atoms with Crippen molar-refractivity contribution in [1.82, 2.24) is 9.97 Å². The topological polar surface area (TPSA) is 119 Å². The molecule has 0 fully saturated rings. The summed E-state index contributed by atoms with van der Waals surface area (Å²) in [4.78, 5) is 8.91. The number of hydrogen-bond acceptors (Lipinski definition) is 7. The van der Waals surface area contributed by atoms with Gasteiger partial charge in [-0.3, -0.25) is 0 Å². The number of nitrogens with one attached hydrogen (secondary N) is 2. The summed E-state index contributed by atoms with van der Waals surface area (Å²) in [6.07, 6.45) is 1.61. The van der Waals surface area contributed by atoms with Crippen LogP contribution in [-0.4, -0.2) is 45.2 Å². The summed E-state index contributed by atoms with van der Waals surface area (Å²) >= 11 is 0. The Hall–Kier alpha value is -2.23. The number of primary sulfonamides is 1. The Balaban J connectivity index is 1.87. The Kier molecular flexibility index (Phi) is 7.31. The van der Waals surface area contributed by atoms with E-state index in [1.54, 1.807) is 19.2 Å². The van der Waals surface area contributed by atoms with Crippen LogP contribution in [0.5, 0.6) is 0 Å². The minimum Gasteiger partial charge on any atom is -0.385 e. The molecule has 26 heavy (non-hydrogen) atoms. The largest absolute Gasteiger partial charge is 0.385 e. The van der Waals surface area contributed by atoms with Gasteiger partial charge < -0.3 is 15.4 Å². The lowest BCUT2D eigenvalue weighted by Gasteiger charge is -2.10. The van der Waals surface area contributed by atoms with Crippen LogP contribution in [0.4, 0.5) is 11.8 Å². The number of aryl methyl sites for hydroxylation is 1. The molecule has 0 amide bonds. The van der Waals surface area contributed by atoms with Crippen molar-refractivity contribution < 1.29 is 13.2 Å². The number of rotatable bonds is 10. The van der Waals surface area contributed by atoms with Crippen LogP contribution in [0.1, 0.15) is 17.7 Å². The monoisotopic (exact) mass is 379 g/mol. The van der Waals surface area contributed by atoms with Gasteiger partial charge in [0.1, 0.15) is 5.82 Å². The van der Waals surface area contributed by atoms with Gasteiger partial charge in [-0.15, -0.1) is 0 Å². The lowest BCUT2D eigenvalue weighted by atomic mass is 10.1. The van der Waals surface area contributed by atoms with Gasteiger partial charge in [0, 0.05) is 38.6 Å². The molecule has 1 heterocycles. The third-order valence-corrected chi connectivity index (χ3v) is 4.56. The zero-order valence-corrected chi connectivity index (χ0v) is 15.8. The predicted octanol–water partition coefficient (Wildman–Crippen LogP) is 1.54. The van der Waals surface area contributed by atoms with E-state index in [2.05, 4.69) is 20.6 Å². The number of methoxy groups -OCH3 is 1. The standard InChI is InChI=1S/C17H25N5O3S/c1-13-12-16(22-17(21-13)20-9-3-11-25-2)19-10-8-14-4-6-15(7-5-14)26(18,23)24/h4-7,12H,3,8-11H2,1-2H3,(H2,18,23,24)(H2,19,20,21,22).